The molecule has 0 spiro atoms. The molecule has 2 unspecified atom stereocenters. The Labute approximate surface area is 231 Å². The van der Waals surface area contributed by atoms with Gasteiger partial charge in [0.05, 0.1) is 19.8 Å². The zero-order valence-corrected chi connectivity index (χ0v) is 23.2. The van der Waals surface area contributed by atoms with Crippen molar-refractivity contribution >= 4 is 20.8 Å². The Hall–Kier alpha value is -0.700. The van der Waals surface area contributed by atoms with E-state index >= 15 is 0 Å². The SMILES string of the molecule is CC[C@@H](OS(=O)(=O)O)[C@@H](O)C[NH+]1C[C@H](O)[C@@H](O)[C@@H]1CO.O=S(=O)(O)O[C@@H](CO)[C@H](O)C[NH+]1C[C@@H](O)[C@H](O)[C@H]1CO. The van der Waals surface area contributed by atoms with E-state index in [1.807, 2.05) is 0 Å². The van der Waals surface area contributed by atoms with Crippen LogP contribution in [-0.2, 0) is 29.2 Å². The number of hydrogen-bond acceptors (Lipinski definition) is 15. The molecule has 0 aromatic carbocycles. The molecule has 0 aromatic heterocycles. The van der Waals surface area contributed by atoms with Gasteiger partial charge in [-0.15, -0.1) is 0 Å². The standard InChI is InChI=1S/C10H21NO8S.C9H19NO9S/c1-2-9(19-20(16,17)18)7(13)3-11-4-8(14)10(15)6(11)5-12;11-3-5-9(15)7(14)2-10(5)1-6(13)8(4-12)19-20(16,17)18/h6-10,12-15H,2-5H2,1H3,(H,16,17,18);5-9,11-15H,1-4H2,(H,16,17,18)/p+2/t6-,7-,8-,9+,10-;5-,6-,7-,8+,9-/m01/s1. The summed E-state index contributed by atoms with van der Waals surface area (Å²) in [7, 11) is -9.50. The Morgan fingerprint density at radius 1 is 0.725 bits per heavy atom. The van der Waals surface area contributed by atoms with Crippen LogP contribution < -0.4 is 9.80 Å². The Kier molecular flexibility index (Phi) is 15.1. The highest BCUT2D eigenvalue weighted by Crippen LogP contribution is 2.09. The summed E-state index contributed by atoms with van der Waals surface area (Å²) in [6, 6.07) is -1.41. The van der Waals surface area contributed by atoms with Gasteiger partial charge in [0.1, 0.15) is 87.1 Å². The molecule has 40 heavy (non-hydrogen) atoms. The average molecular weight is 635 g/mol. The molecule has 2 aliphatic rings. The van der Waals surface area contributed by atoms with Gasteiger partial charge in [0.15, 0.2) is 0 Å². The lowest BCUT2D eigenvalue weighted by Crippen LogP contribution is -3.16. The molecule has 2 aliphatic heterocycles. The number of quaternary nitrogens is 2. The van der Waals surface area contributed by atoms with E-state index in [1.165, 1.54) is 0 Å². The van der Waals surface area contributed by atoms with E-state index in [4.69, 9.17) is 19.3 Å². The molecule has 2 fully saturated rings. The van der Waals surface area contributed by atoms with Crippen LogP contribution in [0.15, 0.2) is 0 Å². The van der Waals surface area contributed by atoms with Crippen LogP contribution in [0.2, 0.25) is 0 Å². The van der Waals surface area contributed by atoms with Gasteiger partial charge in [-0.1, -0.05) is 6.92 Å². The molecule has 0 aliphatic carbocycles. The van der Waals surface area contributed by atoms with Crippen LogP contribution in [0.1, 0.15) is 13.3 Å². The molecule has 2 saturated heterocycles. The van der Waals surface area contributed by atoms with E-state index in [9.17, 15) is 52.6 Å². The average Bonchev–Trinajstić information content (AvgIpc) is 3.27. The van der Waals surface area contributed by atoms with Gasteiger partial charge in [-0.2, -0.15) is 16.8 Å². The molecule has 0 radical (unpaired) electrons. The van der Waals surface area contributed by atoms with E-state index in [1.54, 1.807) is 6.92 Å². The fraction of sp³-hybridized carbons (Fsp3) is 1.00. The topological polar surface area (TPSA) is 318 Å². The maximum atomic E-state index is 10.7. The van der Waals surface area contributed by atoms with Crippen LogP contribution in [0.3, 0.4) is 0 Å². The zero-order valence-electron chi connectivity index (χ0n) is 21.6. The minimum atomic E-state index is -4.83. The summed E-state index contributed by atoms with van der Waals surface area (Å²) < 4.78 is 68.0. The molecule has 2 heterocycles. The molecule has 13 N–H and O–H groups in total. The summed E-state index contributed by atoms with van der Waals surface area (Å²) in [6.07, 6.45) is -9.66. The second-order valence-corrected chi connectivity index (χ2v) is 11.8. The van der Waals surface area contributed by atoms with E-state index in [0.29, 0.717) is 9.80 Å². The van der Waals surface area contributed by atoms with Crippen molar-refractivity contribution in [2.75, 3.05) is 46.0 Å². The quantitative estimate of drug-likeness (QED) is 0.0789. The normalized spacial score (nSPS) is 34.1. The summed E-state index contributed by atoms with van der Waals surface area (Å²) >= 11 is 0. The van der Waals surface area contributed by atoms with Crippen molar-refractivity contribution in [3.05, 3.63) is 0 Å². The fourth-order valence-corrected chi connectivity index (χ4v) is 5.86. The highest BCUT2D eigenvalue weighted by atomic mass is 32.3. The zero-order chi connectivity index (χ0) is 31.0. The van der Waals surface area contributed by atoms with E-state index < -0.39 is 94.9 Å². The van der Waals surface area contributed by atoms with Gasteiger partial charge >= 0.3 is 20.8 Å². The van der Waals surface area contributed by atoms with Crippen LogP contribution in [0.25, 0.3) is 0 Å². The van der Waals surface area contributed by atoms with Crippen LogP contribution in [-0.4, -0.2) is 179 Å². The Morgan fingerprint density at radius 3 is 1.38 bits per heavy atom. The number of likely N-dealkylation sites (tertiary alicyclic amines) is 2. The smallest absolute Gasteiger partial charge is 0.394 e. The predicted molar refractivity (Wildman–Crippen MR) is 129 cm³/mol. The molecule has 12 atom stereocenters. The van der Waals surface area contributed by atoms with Gasteiger partial charge in [0.2, 0.25) is 0 Å². The first-order chi connectivity index (χ1) is 18.4. The first kappa shape index (κ1) is 37.3. The molecule has 0 amide bonds. The van der Waals surface area contributed by atoms with Gasteiger partial charge in [-0.25, -0.2) is 8.37 Å². The molecule has 21 heteroatoms. The van der Waals surface area contributed by atoms with Crippen molar-refractivity contribution in [1.29, 1.82) is 0 Å². The number of nitrogens with one attached hydrogen (secondary N) is 2. The number of hydrogen-bond donors (Lipinski definition) is 13. The molecule has 0 saturated carbocycles. The second kappa shape index (κ2) is 16.2. The van der Waals surface area contributed by atoms with Crippen molar-refractivity contribution in [3.8, 4) is 0 Å². The van der Waals surface area contributed by atoms with Crippen molar-refractivity contribution in [2.45, 2.75) is 74.3 Å². The van der Waals surface area contributed by atoms with Crippen molar-refractivity contribution in [2.24, 2.45) is 0 Å². The summed E-state index contributed by atoms with van der Waals surface area (Å²) in [5, 5.41) is 85.3. The summed E-state index contributed by atoms with van der Waals surface area (Å²) in [6.45, 7) is -0.180. The monoisotopic (exact) mass is 634 g/mol. The van der Waals surface area contributed by atoms with Gasteiger partial charge in [0.25, 0.3) is 0 Å². The number of aliphatic hydroxyl groups is 9. The Balaban J connectivity index is 0.000000400. The fourth-order valence-electron chi connectivity index (χ4n) is 4.78. The number of rotatable bonds is 14. The molecule has 19 nitrogen and oxygen atoms in total. The minimum absolute atomic E-state index is 0.0344. The van der Waals surface area contributed by atoms with Gasteiger partial charge in [0, 0.05) is 0 Å². The maximum Gasteiger partial charge on any atom is 0.397 e. The Morgan fingerprint density at radius 2 is 1.07 bits per heavy atom. The lowest BCUT2D eigenvalue weighted by Gasteiger charge is -2.26. The second-order valence-electron chi connectivity index (χ2n) is 9.68. The first-order valence-electron chi connectivity index (χ1n) is 12.3. The molecular formula is C19H42N2O17S2+2. The van der Waals surface area contributed by atoms with Gasteiger partial charge in [-0.3, -0.25) is 9.11 Å². The molecule has 0 aromatic rings. The lowest BCUT2D eigenvalue weighted by molar-refractivity contribution is -0.918. The molecule has 0 bridgehead atoms. The van der Waals surface area contributed by atoms with Gasteiger partial charge < -0.3 is 55.8 Å². The van der Waals surface area contributed by atoms with Crippen LogP contribution >= 0.6 is 0 Å². The highest BCUT2D eigenvalue weighted by molar-refractivity contribution is 7.81. The Bertz CT molecular complexity index is 880. The molecule has 2 rings (SSSR count). The largest absolute Gasteiger partial charge is 0.397 e. The predicted octanol–water partition coefficient (Wildman–Crippen LogP) is -9.56. The molecule has 240 valence electrons. The third-order valence-electron chi connectivity index (χ3n) is 6.87. The maximum absolute atomic E-state index is 10.7. The molecular weight excluding hydrogens is 592 g/mol. The summed E-state index contributed by atoms with van der Waals surface area (Å²) in [5.41, 5.74) is 0. The van der Waals surface area contributed by atoms with Crippen LogP contribution in [0, 0.1) is 0 Å². The summed E-state index contributed by atoms with van der Waals surface area (Å²) in [5.74, 6) is 0. The van der Waals surface area contributed by atoms with E-state index in [2.05, 4.69) is 8.37 Å². The van der Waals surface area contributed by atoms with E-state index in [0.717, 1.165) is 0 Å². The highest BCUT2D eigenvalue weighted by Gasteiger charge is 2.46. The summed E-state index contributed by atoms with van der Waals surface area (Å²) in [4.78, 5) is 0.967. The van der Waals surface area contributed by atoms with Crippen LogP contribution in [0.5, 0.6) is 0 Å². The third-order valence-corrected chi connectivity index (χ3v) is 7.85. The van der Waals surface area contributed by atoms with Crippen molar-refractivity contribution < 1.29 is 90.1 Å². The third kappa shape index (κ3) is 11.5. The minimum Gasteiger partial charge on any atom is -0.394 e. The lowest BCUT2D eigenvalue weighted by atomic mass is 10.1. The van der Waals surface area contributed by atoms with Crippen molar-refractivity contribution in [1.82, 2.24) is 0 Å². The van der Waals surface area contributed by atoms with Crippen molar-refractivity contribution in [3.63, 3.8) is 0 Å². The van der Waals surface area contributed by atoms with Crippen LogP contribution in [0.4, 0.5) is 0 Å². The van der Waals surface area contributed by atoms with Gasteiger partial charge in [-0.05, 0) is 6.42 Å². The number of aliphatic hydroxyl groups excluding tert-OH is 9. The van der Waals surface area contributed by atoms with E-state index in [-0.39, 0.29) is 39.2 Å². The first-order valence-corrected chi connectivity index (χ1v) is 15.0.